The van der Waals surface area contributed by atoms with Crippen LogP contribution in [0.4, 0.5) is 9.59 Å². The SMILES string of the molecule is COc1ccc(C2C/C(C)=N\NC(=O)NC(c3ccc(OC)cc3)C/C(C)=N\NC(=O)N2)cc1. The number of ether oxygens (including phenoxy) is 2. The van der Waals surface area contributed by atoms with Crippen LogP contribution < -0.4 is 31.0 Å². The van der Waals surface area contributed by atoms with Crippen LogP contribution in [-0.4, -0.2) is 37.7 Å². The fourth-order valence-corrected chi connectivity index (χ4v) is 3.53. The molecule has 2 unspecified atom stereocenters. The number of hydrazone groups is 2. The van der Waals surface area contributed by atoms with Gasteiger partial charge in [0.1, 0.15) is 11.5 Å². The molecule has 0 radical (unpaired) electrons. The van der Waals surface area contributed by atoms with Gasteiger partial charge in [0.2, 0.25) is 0 Å². The van der Waals surface area contributed by atoms with Crippen molar-refractivity contribution in [3.8, 4) is 11.5 Å². The lowest BCUT2D eigenvalue weighted by atomic mass is 10.0. The zero-order valence-corrected chi connectivity index (χ0v) is 19.7. The second-order valence-electron chi connectivity index (χ2n) is 7.92. The van der Waals surface area contributed by atoms with E-state index < -0.39 is 12.1 Å². The van der Waals surface area contributed by atoms with Crippen molar-refractivity contribution >= 4 is 23.5 Å². The lowest BCUT2D eigenvalue weighted by Crippen LogP contribution is -2.39. The first-order chi connectivity index (χ1) is 16.4. The topological polar surface area (TPSA) is 125 Å². The molecule has 1 aliphatic heterocycles. The van der Waals surface area contributed by atoms with E-state index in [2.05, 4.69) is 31.7 Å². The van der Waals surface area contributed by atoms with Gasteiger partial charge in [-0.25, -0.2) is 20.4 Å². The lowest BCUT2D eigenvalue weighted by Gasteiger charge is -2.21. The molecule has 1 aliphatic rings. The van der Waals surface area contributed by atoms with Gasteiger partial charge in [-0.15, -0.1) is 0 Å². The highest BCUT2D eigenvalue weighted by atomic mass is 16.5. The van der Waals surface area contributed by atoms with E-state index in [0.29, 0.717) is 35.8 Å². The molecule has 3 rings (SSSR count). The van der Waals surface area contributed by atoms with E-state index in [-0.39, 0.29) is 12.1 Å². The van der Waals surface area contributed by atoms with E-state index in [0.717, 1.165) is 11.1 Å². The zero-order valence-electron chi connectivity index (χ0n) is 19.7. The average molecular weight is 467 g/mol. The molecular formula is C24H30N6O4. The van der Waals surface area contributed by atoms with Crippen LogP contribution in [0.2, 0.25) is 0 Å². The number of rotatable bonds is 4. The first-order valence-corrected chi connectivity index (χ1v) is 10.8. The number of nitrogens with zero attached hydrogens (tertiary/aromatic N) is 2. The first kappa shape index (κ1) is 24.6. The van der Waals surface area contributed by atoms with Crippen molar-refractivity contribution < 1.29 is 19.1 Å². The molecule has 0 saturated carbocycles. The summed E-state index contributed by atoms with van der Waals surface area (Å²) >= 11 is 0. The molecule has 180 valence electrons. The second kappa shape index (κ2) is 11.7. The van der Waals surface area contributed by atoms with Crippen molar-refractivity contribution in [3.63, 3.8) is 0 Å². The minimum absolute atomic E-state index is 0.380. The molecule has 2 aromatic rings. The molecule has 2 atom stereocenters. The Morgan fingerprint density at radius 2 is 1.03 bits per heavy atom. The lowest BCUT2D eigenvalue weighted by molar-refractivity contribution is 0.235. The Morgan fingerprint density at radius 1 is 0.676 bits per heavy atom. The normalized spacial score (nSPS) is 22.8. The Morgan fingerprint density at radius 3 is 1.35 bits per heavy atom. The van der Waals surface area contributed by atoms with E-state index in [9.17, 15) is 9.59 Å². The van der Waals surface area contributed by atoms with Crippen LogP contribution in [0.15, 0.2) is 58.7 Å². The Balaban J connectivity index is 1.83. The van der Waals surface area contributed by atoms with Crippen LogP contribution in [0.1, 0.15) is 49.9 Å². The molecule has 4 N–H and O–H groups in total. The predicted octanol–water partition coefficient (Wildman–Crippen LogP) is 3.63. The summed E-state index contributed by atoms with van der Waals surface area (Å²) in [4.78, 5) is 25.2. The maximum atomic E-state index is 12.6. The van der Waals surface area contributed by atoms with E-state index in [1.165, 1.54) is 0 Å². The Labute approximate surface area is 198 Å². The van der Waals surface area contributed by atoms with Crippen molar-refractivity contribution in [1.82, 2.24) is 21.5 Å². The van der Waals surface area contributed by atoms with Gasteiger partial charge >= 0.3 is 12.1 Å². The van der Waals surface area contributed by atoms with Crippen molar-refractivity contribution in [3.05, 3.63) is 59.7 Å². The van der Waals surface area contributed by atoms with E-state index in [4.69, 9.17) is 9.47 Å². The Hall–Kier alpha value is -4.08. The van der Waals surface area contributed by atoms with Crippen LogP contribution in [0.3, 0.4) is 0 Å². The van der Waals surface area contributed by atoms with Crippen LogP contribution in [0.25, 0.3) is 0 Å². The number of urea groups is 2. The van der Waals surface area contributed by atoms with Gasteiger partial charge < -0.3 is 20.1 Å². The molecule has 10 heteroatoms. The summed E-state index contributed by atoms with van der Waals surface area (Å²) in [5.41, 5.74) is 8.09. The summed E-state index contributed by atoms with van der Waals surface area (Å²) in [7, 11) is 3.19. The first-order valence-electron chi connectivity index (χ1n) is 10.8. The molecule has 1 heterocycles. The maximum Gasteiger partial charge on any atom is 0.335 e. The molecular weight excluding hydrogens is 436 g/mol. The smallest absolute Gasteiger partial charge is 0.335 e. The number of carbonyl (C=O) groups excluding carboxylic acids is 2. The van der Waals surface area contributed by atoms with Gasteiger partial charge in [0.25, 0.3) is 0 Å². The van der Waals surface area contributed by atoms with Gasteiger partial charge in [0, 0.05) is 24.3 Å². The summed E-state index contributed by atoms with van der Waals surface area (Å²) in [5.74, 6) is 1.42. The fraction of sp³-hybridized carbons (Fsp3) is 0.333. The van der Waals surface area contributed by atoms with Crippen LogP contribution in [-0.2, 0) is 0 Å². The van der Waals surface area contributed by atoms with Crippen molar-refractivity contribution in [2.24, 2.45) is 10.2 Å². The molecule has 0 aliphatic carbocycles. The summed E-state index contributed by atoms with van der Waals surface area (Å²) in [6.07, 6.45) is 0.759. The Bertz CT molecular complexity index is 965. The van der Waals surface area contributed by atoms with Gasteiger partial charge in [0.15, 0.2) is 0 Å². The average Bonchev–Trinajstić information content (AvgIpc) is 2.85. The van der Waals surface area contributed by atoms with E-state index in [1.54, 1.807) is 28.1 Å². The summed E-state index contributed by atoms with van der Waals surface area (Å²) in [6, 6.07) is 13.1. The van der Waals surface area contributed by atoms with E-state index >= 15 is 0 Å². The minimum Gasteiger partial charge on any atom is -0.497 e. The number of benzene rings is 2. The standard InChI is InChI=1S/C24H30N6O4/c1-15-13-21(17-5-9-19(33-3)10-6-17)25-24(32)30-28-16(2)14-22(26-23(31)29-27-15)18-7-11-20(34-4)12-8-18/h5-12,21-22H,13-14H2,1-4H3,(H2,26,29,31)(H2,25,30,32)/b27-15-,28-16-. The van der Waals surface area contributed by atoms with Crippen LogP contribution in [0.5, 0.6) is 11.5 Å². The summed E-state index contributed by atoms with van der Waals surface area (Å²) < 4.78 is 10.4. The molecule has 0 aromatic heterocycles. The summed E-state index contributed by atoms with van der Waals surface area (Å²) in [5, 5.41) is 14.3. The van der Waals surface area contributed by atoms with Crippen molar-refractivity contribution in [2.45, 2.75) is 38.8 Å². The van der Waals surface area contributed by atoms with Crippen molar-refractivity contribution in [2.75, 3.05) is 14.2 Å². The maximum absolute atomic E-state index is 12.6. The Kier molecular flexibility index (Phi) is 8.44. The molecule has 0 fully saturated rings. The number of hydrogen-bond donors (Lipinski definition) is 4. The van der Waals surface area contributed by atoms with Crippen LogP contribution >= 0.6 is 0 Å². The molecule has 2 aromatic carbocycles. The van der Waals surface area contributed by atoms with E-state index in [1.807, 2.05) is 48.5 Å². The van der Waals surface area contributed by atoms with Gasteiger partial charge in [-0.3, -0.25) is 0 Å². The highest BCUT2D eigenvalue weighted by Gasteiger charge is 2.19. The van der Waals surface area contributed by atoms with Gasteiger partial charge in [-0.05, 0) is 49.2 Å². The van der Waals surface area contributed by atoms with Gasteiger partial charge in [-0.2, -0.15) is 10.2 Å². The number of carbonyl (C=O) groups is 2. The number of methoxy groups -OCH3 is 2. The highest BCUT2D eigenvalue weighted by molar-refractivity contribution is 5.87. The highest BCUT2D eigenvalue weighted by Crippen LogP contribution is 2.22. The fourth-order valence-electron chi connectivity index (χ4n) is 3.53. The van der Waals surface area contributed by atoms with Crippen molar-refractivity contribution in [1.29, 1.82) is 0 Å². The number of hydrogen-bond acceptors (Lipinski definition) is 6. The number of nitrogens with one attached hydrogen (secondary N) is 4. The molecule has 0 bridgehead atoms. The van der Waals surface area contributed by atoms with Crippen LogP contribution in [0, 0.1) is 0 Å². The second-order valence-corrected chi connectivity index (χ2v) is 7.92. The summed E-state index contributed by atoms with van der Waals surface area (Å²) in [6.45, 7) is 3.57. The van der Waals surface area contributed by atoms with Gasteiger partial charge in [-0.1, -0.05) is 24.3 Å². The molecule has 0 spiro atoms. The third kappa shape index (κ3) is 6.96. The predicted molar refractivity (Wildman–Crippen MR) is 130 cm³/mol. The largest absolute Gasteiger partial charge is 0.497 e. The molecule has 10 nitrogen and oxygen atoms in total. The number of amides is 4. The minimum atomic E-state index is -0.442. The molecule has 4 amide bonds. The van der Waals surface area contributed by atoms with Gasteiger partial charge in [0.05, 0.1) is 26.3 Å². The quantitative estimate of drug-likeness (QED) is 0.549. The molecule has 0 saturated heterocycles. The molecule has 34 heavy (non-hydrogen) atoms. The third-order valence-electron chi connectivity index (χ3n) is 5.34. The zero-order chi connectivity index (χ0) is 24.5. The monoisotopic (exact) mass is 466 g/mol. The third-order valence-corrected chi connectivity index (χ3v) is 5.34.